The number of rotatable bonds is 9. The van der Waals surface area contributed by atoms with Crippen LogP contribution in [0.1, 0.15) is 5.56 Å². The second-order valence-electron chi connectivity index (χ2n) is 7.24. The second kappa shape index (κ2) is 13.1. The number of aliphatic hydroxyl groups is 2. The van der Waals surface area contributed by atoms with Crippen molar-refractivity contribution < 1.29 is 24.5 Å². The lowest BCUT2D eigenvalue weighted by Crippen LogP contribution is -2.47. The summed E-state index contributed by atoms with van der Waals surface area (Å²) in [5, 5.41) is 27.1. The van der Waals surface area contributed by atoms with E-state index in [0.717, 1.165) is 5.56 Å². The standard InChI is InChI=1S/C24H26ClN5O5/c1-34-22-11-10-21(14-26-22)35-20-8-6-18(7-9-20)29-23(30-24(33)28-13-19(32)15-31)27-12-16-2-4-17(25)5-3-16/h2-11,14,19,31-32H,12-13,15H2,1H3,(H3,27,28,29,30,33)/t19-/m0/s1. The molecule has 10 nitrogen and oxygen atoms in total. The maximum atomic E-state index is 12.2. The Morgan fingerprint density at radius 1 is 1.06 bits per heavy atom. The molecule has 3 aromatic rings. The van der Waals surface area contributed by atoms with Gasteiger partial charge in [-0.3, -0.25) is 5.32 Å². The highest BCUT2D eigenvalue weighted by Crippen LogP contribution is 2.24. The van der Waals surface area contributed by atoms with E-state index in [1.54, 1.807) is 54.7 Å². The zero-order chi connectivity index (χ0) is 25.0. The number of aliphatic hydroxyl groups excluding tert-OH is 2. The molecule has 0 aliphatic heterocycles. The number of carbonyl (C=O) groups excluding carboxylic acids is 1. The van der Waals surface area contributed by atoms with Gasteiger partial charge in [0, 0.05) is 24.2 Å². The van der Waals surface area contributed by atoms with Crippen LogP contribution in [-0.2, 0) is 6.54 Å². The van der Waals surface area contributed by atoms with E-state index < -0.39 is 18.7 Å². The number of carbonyl (C=O) groups is 1. The van der Waals surface area contributed by atoms with Crippen molar-refractivity contribution in [2.24, 2.45) is 4.99 Å². The number of guanidine groups is 1. The minimum Gasteiger partial charge on any atom is -0.481 e. The summed E-state index contributed by atoms with van der Waals surface area (Å²) in [6, 6.07) is 17.0. The summed E-state index contributed by atoms with van der Waals surface area (Å²) in [4.78, 5) is 20.8. The first-order chi connectivity index (χ1) is 16.9. The van der Waals surface area contributed by atoms with Crippen LogP contribution >= 0.6 is 11.6 Å². The molecule has 0 bridgehead atoms. The third-order valence-corrected chi connectivity index (χ3v) is 4.80. The Kier molecular flexibility index (Phi) is 9.67. The van der Waals surface area contributed by atoms with E-state index in [0.29, 0.717) is 34.6 Å². The molecule has 2 amide bonds. The number of ether oxygens (including phenoxy) is 2. The van der Waals surface area contributed by atoms with Crippen LogP contribution in [0.2, 0.25) is 5.02 Å². The van der Waals surface area contributed by atoms with Gasteiger partial charge in [0.05, 0.1) is 31.7 Å². The van der Waals surface area contributed by atoms with Gasteiger partial charge in [0.1, 0.15) is 11.5 Å². The summed E-state index contributed by atoms with van der Waals surface area (Å²) in [7, 11) is 1.54. The molecule has 1 atom stereocenters. The number of benzene rings is 2. The molecule has 0 aliphatic rings. The smallest absolute Gasteiger partial charge is 0.321 e. The van der Waals surface area contributed by atoms with Crippen molar-refractivity contribution in [3.8, 4) is 17.4 Å². The Bertz CT molecular complexity index is 1110. The first-order valence-electron chi connectivity index (χ1n) is 10.6. The maximum Gasteiger partial charge on any atom is 0.321 e. The van der Waals surface area contributed by atoms with Gasteiger partial charge in [-0.25, -0.2) is 14.8 Å². The van der Waals surface area contributed by atoms with Gasteiger partial charge in [0.25, 0.3) is 0 Å². The fraction of sp³-hybridized carbons (Fsp3) is 0.208. The van der Waals surface area contributed by atoms with Crippen LogP contribution in [-0.4, -0.2) is 53.6 Å². The van der Waals surface area contributed by atoms with E-state index in [4.69, 9.17) is 26.2 Å². The van der Waals surface area contributed by atoms with Gasteiger partial charge in [0.2, 0.25) is 11.8 Å². The molecule has 35 heavy (non-hydrogen) atoms. The molecule has 0 spiro atoms. The van der Waals surface area contributed by atoms with E-state index in [2.05, 4.69) is 25.9 Å². The Hall–Kier alpha value is -3.86. The van der Waals surface area contributed by atoms with Crippen molar-refractivity contribution in [3.63, 3.8) is 0 Å². The highest BCUT2D eigenvalue weighted by Gasteiger charge is 2.09. The Labute approximate surface area is 207 Å². The predicted molar refractivity (Wildman–Crippen MR) is 132 cm³/mol. The van der Waals surface area contributed by atoms with Crippen molar-refractivity contribution >= 4 is 29.3 Å². The van der Waals surface area contributed by atoms with Crippen LogP contribution in [0.15, 0.2) is 71.9 Å². The van der Waals surface area contributed by atoms with Gasteiger partial charge >= 0.3 is 6.03 Å². The molecule has 11 heteroatoms. The summed E-state index contributed by atoms with van der Waals surface area (Å²) in [5.41, 5.74) is 1.48. The lowest BCUT2D eigenvalue weighted by Gasteiger charge is -2.14. The number of hydrogen-bond acceptors (Lipinski definition) is 7. The number of amides is 2. The quantitative estimate of drug-likeness (QED) is 0.225. The summed E-state index contributed by atoms with van der Waals surface area (Å²) in [6.07, 6.45) is 0.497. The molecule has 3 rings (SSSR count). The zero-order valence-corrected chi connectivity index (χ0v) is 19.7. The van der Waals surface area contributed by atoms with Crippen LogP contribution in [0.5, 0.6) is 17.4 Å². The number of aliphatic imine (C=N–C) groups is 1. The summed E-state index contributed by atoms with van der Waals surface area (Å²) in [6.45, 7) is -0.197. The molecule has 1 heterocycles. The SMILES string of the molecule is COc1ccc(Oc2ccc(/N=C(/NCc3ccc(Cl)cc3)NC(=O)NC[C@H](O)CO)cc2)cn1. The van der Waals surface area contributed by atoms with Crippen molar-refractivity contribution in [1.29, 1.82) is 0 Å². The number of aromatic nitrogens is 1. The normalized spacial score (nSPS) is 11.9. The first kappa shape index (κ1) is 25.8. The van der Waals surface area contributed by atoms with Crippen LogP contribution in [0, 0.1) is 0 Å². The fourth-order valence-electron chi connectivity index (χ4n) is 2.73. The lowest BCUT2D eigenvalue weighted by molar-refractivity contribution is 0.0961. The second-order valence-corrected chi connectivity index (χ2v) is 7.68. The highest BCUT2D eigenvalue weighted by molar-refractivity contribution is 6.30. The molecular formula is C24H26ClN5O5. The maximum absolute atomic E-state index is 12.2. The Morgan fingerprint density at radius 3 is 2.40 bits per heavy atom. The number of pyridine rings is 1. The van der Waals surface area contributed by atoms with E-state index in [-0.39, 0.29) is 12.5 Å². The first-order valence-corrected chi connectivity index (χ1v) is 11.0. The average molecular weight is 500 g/mol. The molecule has 0 saturated carbocycles. The largest absolute Gasteiger partial charge is 0.481 e. The minimum absolute atomic E-state index is 0.112. The molecule has 1 aromatic heterocycles. The predicted octanol–water partition coefficient (Wildman–Crippen LogP) is 2.97. The minimum atomic E-state index is -1.06. The van der Waals surface area contributed by atoms with E-state index in [9.17, 15) is 9.90 Å². The van der Waals surface area contributed by atoms with E-state index in [1.165, 1.54) is 7.11 Å². The number of urea groups is 1. The molecule has 0 fully saturated rings. The molecule has 0 unspecified atom stereocenters. The van der Waals surface area contributed by atoms with Crippen molar-refractivity contribution in [2.75, 3.05) is 20.3 Å². The Balaban J connectivity index is 1.68. The Morgan fingerprint density at radius 2 is 1.77 bits per heavy atom. The molecule has 184 valence electrons. The third-order valence-electron chi connectivity index (χ3n) is 4.55. The fourth-order valence-corrected chi connectivity index (χ4v) is 2.85. The number of nitrogens with zero attached hydrogens (tertiary/aromatic N) is 2. The summed E-state index contributed by atoms with van der Waals surface area (Å²) < 4.78 is 10.8. The molecule has 0 radical (unpaired) electrons. The van der Waals surface area contributed by atoms with Crippen LogP contribution < -0.4 is 25.4 Å². The monoisotopic (exact) mass is 499 g/mol. The summed E-state index contributed by atoms with van der Waals surface area (Å²) >= 11 is 5.93. The molecular weight excluding hydrogens is 474 g/mol. The molecule has 0 saturated heterocycles. The van der Waals surface area contributed by atoms with Gasteiger partial charge in [-0.05, 0) is 48.0 Å². The van der Waals surface area contributed by atoms with Crippen molar-refractivity contribution in [3.05, 3.63) is 77.4 Å². The zero-order valence-electron chi connectivity index (χ0n) is 18.9. The topological polar surface area (TPSA) is 137 Å². The van der Waals surface area contributed by atoms with Gasteiger partial charge in [0.15, 0.2) is 0 Å². The molecule has 5 N–H and O–H groups in total. The molecule has 0 aliphatic carbocycles. The van der Waals surface area contributed by atoms with Gasteiger partial charge in [-0.2, -0.15) is 0 Å². The van der Waals surface area contributed by atoms with Crippen LogP contribution in [0.4, 0.5) is 10.5 Å². The number of hydrogen-bond donors (Lipinski definition) is 5. The average Bonchev–Trinajstić information content (AvgIpc) is 2.88. The van der Waals surface area contributed by atoms with Gasteiger partial charge in [-0.15, -0.1) is 0 Å². The van der Waals surface area contributed by atoms with E-state index in [1.807, 2.05) is 12.1 Å². The number of methoxy groups -OCH3 is 1. The van der Waals surface area contributed by atoms with Crippen LogP contribution in [0.3, 0.4) is 0 Å². The number of halogens is 1. The lowest BCUT2D eigenvalue weighted by atomic mass is 10.2. The van der Waals surface area contributed by atoms with Crippen molar-refractivity contribution in [2.45, 2.75) is 12.6 Å². The van der Waals surface area contributed by atoms with E-state index >= 15 is 0 Å². The van der Waals surface area contributed by atoms with Gasteiger partial charge in [-0.1, -0.05) is 23.7 Å². The summed E-state index contributed by atoms with van der Waals surface area (Å²) in [5.74, 6) is 1.80. The van der Waals surface area contributed by atoms with Crippen LogP contribution in [0.25, 0.3) is 0 Å². The van der Waals surface area contributed by atoms with Crippen molar-refractivity contribution in [1.82, 2.24) is 20.9 Å². The van der Waals surface area contributed by atoms with Gasteiger partial charge < -0.3 is 30.3 Å². The third kappa shape index (κ3) is 8.78. The highest BCUT2D eigenvalue weighted by atomic mass is 35.5. The molecule has 2 aromatic carbocycles. The number of nitrogens with one attached hydrogen (secondary N) is 3.